The van der Waals surface area contributed by atoms with Crippen molar-refractivity contribution in [2.75, 3.05) is 23.9 Å². The Balaban J connectivity index is 1.44. The molecule has 2 amide bonds. The van der Waals surface area contributed by atoms with Crippen LogP contribution in [-0.2, 0) is 14.3 Å². The van der Waals surface area contributed by atoms with Crippen LogP contribution in [0.2, 0.25) is 0 Å². The van der Waals surface area contributed by atoms with Gasteiger partial charge in [0, 0.05) is 17.3 Å². The maximum atomic E-state index is 13.2. The predicted octanol–water partition coefficient (Wildman–Crippen LogP) is 2.08. The standard InChI is InChI=1S/C19H17N3O4S/c1-25-12-4-2-11(3-5-12)22-10-19-7-6-13(26-19)14(15(19)17(22)24)16(23)21-18-20-8-9-27-18/h2-9,13-15H,10H2,1H3,(H,20,21,23)/t13-,14+,15-,19+/m0/s1. The maximum absolute atomic E-state index is 13.2. The third kappa shape index (κ3) is 2.40. The molecule has 1 spiro atoms. The van der Waals surface area contributed by atoms with Crippen molar-refractivity contribution >= 4 is 34.0 Å². The van der Waals surface area contributed by atoms with Gasteiger partial charge < -0.3 is 19.7 Å². The molecule has 1 aromatic heterocycles. The first-order valence-corrected chi connectivity index (χ1v) is 9.52. The van der Waals surface area contributed by atoms with E-state index in [2.05, 4.69) is 10.3 Å². The second kappa shape index (κ2) is 5.90. The minimum Gasteiger partial charge on any atom is -0.497 e. The molecule has 2 fully saturated rings. The number of aromatic nitrogens is 1. The fourth-order valence-electron chi connectivity index (χ4n) is 4.25. The lowest BCUT2D eigenvalue weighted by molar-refractivity contribution is -0.128. The number of benzene rings is 1. The molecule has 7 nitrogen and oxygen atoms in total. The highest BCUT2D eigenvalue weighted by Gasteiger charge is 2.67. The minimum atomic E-state index is -0.743. The van der Waals surface area contributed by atoms with E-state index in [1.807, 2.05) is 36.4 Å². The van der Waals surface area contributed by atoms with Gasteiger partial charge in [-0.3, -0.25) is 9.59 Å². The lowest BCUT2D eigenvalue weighted by Crippen LogP contribution is -2.41. The Morgan fingerprint density at radius 1 is 1.41 bits per heavy atom. The van der Waals surface area contributed by atoms with E-state index < -0.39 is 17.4 Å². The second-order valence-corrected chi connectivity index (χ2v) is 7.74. The topological polar surface area (TPSA) is 80.8 Å². The summed E-state index contributed by atoms with van der Waals surface area (Å²) in [6, 6.07) is 7.31. The number of hydrogen-bond acceptors (Lipinski definition) is 6. The van der Waals surface area contributed by atoms with Gasteiger partial charge in [-0.05, 0) is 24.3 Å². The molecular formula is C19H17N3O4S. The van der Waals surface area contributed by atoms with Gasteiger partial charge in [-0.2, -0.15) is 0 Å². The van der Waals surface area contributed by atoms with Crippen LogP contribution in [0.4, 0.5) is 10.8 Å². The number of rotatable bonds is 4. The van der Waals surface area contributed by atoms with E-state index in [9.17, 15) is 9.59 Å². The van der Waals surface area contributed by atoms with E-state index >= 15 is 0 Å². The second-order valence-electron chi connectivity index (χ2n) is 6.85. The van der Waals surface area contributed by atoms with Crippen molar-refractivity contribution in [2.24, 2.45) is 11.8 Å². The first-order chi connectivity index (χ1) is 13.1. The van der Waals surface area contributed by atoms with Crippen LogP contribution >= 0.6 is 11.3 Å². The number of nitrogens with one attached hydrogen (secondary N) is 1. The third-order valence-corrected chi connectivity index (χ3v) is 6.14. The van der Waals surface area contributed by atoms with Crippen molar-refractivity contribution in [3.05, 3.63) is 48.0 Å². The number of ether oxygens (including phenoxy) is 2. The normalized spacial score (nSPS) is 30.6. The number of amides is 2. The largest absolute Gasteiger partial charge is 0.497 e. The summed E-state index contributed by atoms with van der Waals surface area (Å²) in [6.45, 7) is 0.400. The molecule has 3 aliphatic heterocycles. The van der Waals surface area contributed by atoms with Gasteiger partial charge in [0.05, 0.1) is 31.6 Å². The summed E-state index contributed by atoms with van der Waals surface area (Å²) >= 11 is 1.35. The molecule has 0 saturated carbocycles. The van der Waals surface area contributed by atoms with Crippen molar-refractivity contribution in [1.82, 2.24) is 4.98 Å². The molecule has 0 unspecified atom stereocenters. The summed E-state index contributed by atoms with van der Waals surface area (Å²) < 4.78 is 11.3. The van der Waals surface area contributed by atoms with Gasteiger partial charge in [0.15, 0.2) is 5.13 Å². The van der Waals surface area contributed by atoms with Crippen molar-refractivity contribution in [3.8, 4) is 5.75 Å². The molecule has 5 rings (SSSR count). The Kier molecular flexibility index (Phi) is 3.60. The summed E-state index contributed by atoms with van der Waals surface area (Å²) in [5, 5.41) is 5.13. The number of carbonyl (C=O) groups is 2. The van der Waals surface area contributed by atoms with E-state index in [-0.39, 0.29) is 17.9 Å². The van der Waals surface area contributed by atoms with Gasteiger partial charge >= 0.3 is 0 Å². The number of thiazole rings is 1. The van der Waals surface area contributed by atoms with Gasteiger partial charge in [-0.1, -0.05) is 12.2 Å². The zero-order valence-electron chi connectivity index (χ0n) is 14.5. The molecule has 0 aliphatic carbocycles. The number of carbonyl (C=O) groups excluding carboxylic acids is 2. The summed E-state index contributed by atoms with van der Waals surface area (Å²) in [4.78, 5) is 31.9. The summed E-state index contributed by atoms with van der Waals surface area (Å²) in [5.74, 6) is -0.687. The van der Waals surface area contributed by atoms with Gasteiger partial charge in [0.1, 0.15) is 11.4 Å². The van der Waals surface area contributed by atoms with Crippen LogP contribution in [0.5, 0.6) is 5.75 Å². The molecule has 2 aromatic rings. The highest BCUT2D eigenvalue weighted by atomic mass is 32.1. The molecule has 138 valence electrons. The van der Waals surface area contributed by atoms with Gasteiger partial charge in [-0.25, -0.2) is 4.98 Å². The lowest BCUT2D eigenvalue weighted by atomic mass is 9.77. The fraction of sp³-hybridized carbons (Fsp3) is 0.316. The third-order valence-electron chi connectivity index (χ3n) is 5.45. The summed E-state index contributed by atoms with van der Waals surface area (Å²) in [6.07, 6.45) is 5.09. The Morgan fingerprint density at radius 3 is 2.93 bits per heavy atom. The average Bonchev–Trinajstić information content (AvgIpc) is 3.44. The Morgan fingerprint density at radius 2 is 2.22 bits per heavy atom. The summed E-state index contributed by atoms with van der Waals surface area (Å²) in [7, 11) is 1.60. The van der Waals surface area contributed by atoms with Crippen LogP contribution in [-0.4, -0.2) is 42.2 Å². The number of nitrogens with zero attached hydrogens (tertiary/aromatic N) is 2. The van der Waals surface area contributed by atoms with Crippen LogP contribution in [0.3, 0.4) is 0 Å². The SMILES string of the molecule is COc1ccc(N2C[C@@]34C=C[C@H](O3)[C@@H](C(=O)Nc3nccs3)[C@H]4C2=O)cc1. The van der Waals surface area contributed by atoms with Gasteiger partial charge in [0.2, 0.25) is 11.8 Å². The Bertz CT molecular complexity index is 927. The summed E-state index contributed by atoms with van der Waals surface area (Å²) in [5.41, 5.74) is 0.0242. The molecule has 4 atom stereocenters. The maximum Gasteiger partial charge on any atom is 0.234 e. The van der Waals surface area contributed by atoms with E-state index in [1.54, 1.807) is 23.6 Å². The number of hydrogen-bond donors (Lipinski definition) is 1. The first kappa shape index (κ1) is 16.5. The zero-order chi connectivity index (χ0) is 18.6. The molecule has 27 heavy (non-hydrogen) atoms. The molecule has 4 heterocycles. The number of anilines is 2. The molecule has 0 radical (unpaired) electrons. The molecule has 1 N–H and O–H groups in total. The number of methoxy groups -OCH3 is 1. The van der Waals surface area contributed by atoms with Crippen molar-refractivity contribution in [1.29, 1.82) is 0 Å². The zero-order valence-corrected chi connectivity index (χ0v) is 15.3. The van der Waals surface area contributed by atoms with Crippen molar-refractivity contribution < 1.29 is 19.1 Å². The fourth-order valence-corrected chi connectivity index (χ4v) is 4.78. The van der Waals surface area contributed by atoms with E-state index in [4.69, 9.17) is 9.47 Å². The van der Waals surface area contributed by atoms with Crippen molar-refractivity contribution in [2.45, 2.75) is 11.7 Å². The Hall–Kier alpha value is -2.71. The highest BCUT2D eigenvalue weighted by molar-refractivity contribution is 7.13. The monoisotopic (exact) mass is 383 g/mol. The molecular weight excluding hydrogens is 366 g/mol. The van der Waals surface area contributed by atoms with Gasteiger partial charge in [0.25, 0.3) is 0 Å². The van der Waals surface area contributed by atoms with Crippen molar-refractivity contribution in [3.63, 3.8) is 0 Å². The van der Waals surface area contributed by atoms with Crippen LogP contribution in [0.25, 0.3) is 0 Å². The quantitative estimate of drug-likeness (QED) is 0.818. The van der Waals surface area contributed by atoms with E-state index in [1.165, 1.54) is 11.3 Å². The van der Waals surface area contributed by atoms with Crippen LogP contribution in [0, 0.1) is 11.8 Å². The van der Waals surface area contributed by atoms with Crippen LogP contribution in [0.15, 0.2) is 48.0 Å². The molecule has 2 bridgehead atoms. The predicted molar refractivity (Wildman–Crippen MR) is 99.8 cm³/mol. The molecule has 1 aromatic carbocycles. The van der Waals surface area contributed by atoms with E-state index in [0.717, 1.165) is 11.4 Å². The molecule has 8 heteroatoms. The first-order valence-electron chi connectivity index (χ1n) is 8.64. The smallest absolute Gasteiger partial charge is 0.234 e. The van der Waals surface area contributed by atoms with Gasteiger partial charge in [-0.15, -0.1) is 11.3 Å². The van der Waals surface area contributed by atoms with E-state index in [0.29, 0.717) is 11.7 Å². The lowest BCUT2D eigenvalue weighted by Gasteiger charge is -2.22. The van der Waals surface area contributed by atoms with Crippen LogP contribution in [0.1, 0.15) is 0 Å². The Labute approximate surface area is 159 Å². The average molecular weight is 383 g/mol. The molecule has 2 saturated heterocycles. The van der Waals surface area contributed by atoms with Crippen LogP contribution < -0.4 is 15.0 Å². The highest BCUT2D eigenvalue weighted by Crippen LogP contribution is 2.52. The number of fused-ring (bicyclic) bond motifs is 1. The minimum absolute atomic E-state index is 0.0914. The molecule has 3 aliphatic rings.